The number of hydrogen-bond donors (Lipinski definition) is 0. The maximum absolute atomic E-state index is 13.4. The molecule has 1 aliphatic heterocycles. The predicted molar refractivity (Wildman–Crippen MR) is 97.3 cm³/mol. The largest absolute Gasteiger partial charge is 0.496 e. The van der Waals surface area contributed by atoms with E-state index in [4.69, 9.17) is 9.31 Å². The van der Waals surface area contributed by atoms with E-state index in [0.717, 1.165) is 22.3 Å². The molecule has 1 aliphatic rings. The molecule has 0 unspecified atom stereocenters. The lowest BCUT2D eigenvalue weighted by Gasteiger charge is -2.32. The summed E-state index contributed by atoms with van der Waals surface area (Å²) in [5.41, 5.74) is 2.61. The summed E-state index contributed by atoms with van der Waals surface area (Å²) in [6, 6.07) is 8.46. The maximum atomic E-state index is 13.4. The van der Waals surface area contributed by atoms with Crippen LogP contribution in [-0.4, -0.2) is 23.3 Å². The number of halogens is 2. The van der Waals surface area contributed by atoms with Gasteiger partial charge < -0.3 is 9.31 Å². The summed E-state index contributed by atoms with van der Waals surface area (Å²) in [4.78, 5) is 4.50. The smallest absolute Gasteiger partial charge is 0.399 e. The highest BCUT2D eigenvalue weighted by Crippen LogP contribution is 2.36. The highest BCUT2D eigenvalue weighted by molar-refractivity contribution is 6.62. The van der Waals surface area contributed by atoms with E-state index in [1.165, 1.54) is 12.1 Å². The van der Waals surface area contributed by atoms with E-state index >= 15 is 0 Å². The Bertz CT molecular complexity index is 736. The fourth-order valence-electron chi connectivity index (χ4n) is 2.64. The molecule has 1 aromatic heterocycles. The van der Waals surface area contributed by atoms with E-state index in [1.807, 2.05) is 46.8 Å². The molecule has 1 saturated heterocycles. The summed E-state index contributed by atoms with van der Waals surface area (Å²) < 4.78 is 25.5. The first-order chi connectivity index (χ1) is 10.7. The van der Waals surface area contributed by atoms with Crippen molar-refractivity contribution in [3.63, 3.8) is 0 Å². The zero-order valence-corrected chi connectivity index (χ0v) is 15.4. The highest BCUT2D eigenvalue weighted by Gasteiger charge is 2.51. The first-order valence-corrected chi connectivity index (χ1v) is 7.78. The van der Waals surface area contributed by atoms with Crippen LogP contribution >= 0.6 is 12.4 Å². The Labute approximate surface area is 149 Å². The van der Waals surface area contributed by atoms with E-state index in [2.05, 4.69) is 4.98 Å². The van der Waals surface area contributed by atoms with Gasteiger partial charge in [-0.25, -0.2) is 4.39 Å². The second-order valence-corrected chi connectivity index (χ2v) is 7.03. The Kier molecular flexibility index (Phi) is 5.10. The molecule has 128 valence electrons. The SMILES string of the molecule is Cc1cc(B2OC(C)(C)C(C)(C)O2)cnc1-c1cccc(F)c1.Cl. The number of hydrogen-bond acceptors (Lipinski definition) is 3. The standard InChI is InChI=1S/C18H21BFNO2.ClH/c1-12-9-14(19-22-17(2,3)18(4,5)23-19)11-21-16(12)13-7-6-8-15(20)10-13;/h6-11H,1-5H3;1H. The summed E-state index contributed by atoms with van der Waals surface area (Å²) in [5, 5.41) is 0. The molecule has 1 aromatic carbocycles. The average molecular weight is 350 g/mol. The van der Waals surface area contributed by atoms with E-state index in [9.17, 15) is 4.39 Å². The van der Waals surface area contributed by atoms with Gasteiger partial charge in [0.1, 0.15) is 5.82 Å². The Morgan fingerprint density at radius 2 is 1.67 bits per heavy atom. The van der Waals surface area contributed by atoms with Crippen molar-refractivity contribution in [1.82, 2.24) is 4.98 Å². The van der Waals surface area contributed by atoms with Crippen LogP contribution in [0.15, 0.2) is 36.5 Å². The van der Waals surface area contributed by atoms with Crippen molar-refractivity contribution in [2.24, 2.45) is 0 Å². The van der Waals surface area contributed by atoms with Crippen molar-refractivity contribution in [1.29, 1.82) is 0 Å². The summed E-state index contributed by atoms with van der Waals surface area (Å²) in [6.45, 7) is 10.0. The van der Waals surface area contributed by atoms with Gasteiger partial charge in [-0.1, -0.05) is 18.2 Å². The Morgan fingerprint density at radius 1 is 1.04 bits per heavy atom. The molecule has 1 fully saturated rings. The van der Waals surface area contributed by atoms with Crippen LogP contribution in [0.3, 0.4) is 0 Å². The van der Waals surface area contributed by atoms with E-state index in [1.54, 1.807) is 12.3 Å². The Hall–Kier alpha value is -1.43. The number of benzene rings is 1. The zero-order chi connectivity index (χ0) is 16.8. The molecule has 0 spiro atoms. The van der Waals surface area contributed by atoms with Gasteiger partial charge in [-0.2, -0.15) is 0 Å². The molecule has 6 heteroatoms. The molecule has 2 heterocycles. The molecule has 2 aromatic rings. The summed E-state index contributed by atoms with van der Waals surface area (Å²) >= 11 is 0. The minimum Gasteiger partial charge on any atom is -0.399 e. The van der Waals surface area contributed by atoms with Gasteiger partial charge >= 0.3 is 7.12 Å². The van der Waals surface area contributed by atoms with Crippen LogP contribution in [0.2, 0.25) is 0 Å². The molecule has 0 saturated carbocycles. The van der Waals surface area contributed by atoms with Gasteiger partial charge in [0.25, 0.3) is 0 Å². The molecule has 24 heavy (non-hydrogen) atoms. The lowest BCUT2D eigenvalue weighted by atomic mass is 9.79. The summed E-state index contributed by atoms with van der Waals surface area (Å²) in [6.07, 6.45) is 1.75. The topological polar surface area (TPSA) is 31.4 Å². The third-order valence-electron chi connectivity index (χ3n) is 4.72. The first-order valence-electron chi connectivity index (χ1n) is 7.78. The van der Waals surface area contributed by atoms with Crippen LogP contribution in [0.25, 0.3) is 11.3 Å². The molecule has 3 rings (SSSR count). The van der Waals surface area contributed by atoms with Crippen molar-refractivity contribution in [3.8, 4) is 11.3 Å². The fraction of sp³-hybridized carbons (Fsp3) is 0.389. The minimum atomic E-state index is -0.437. The molecule has 0 bridgehead atoms. The molecule has 3 nitrogen and oxygen atoms in total. The molecule has 0 amide bonds. The molecular formula is C18H22BClFNO2. The van der Waals surface area contributed by atoms with Crippen molar-refractivity contribution in [3.05, 3.63) is 47.9 Å². The summed E-state index contributed by atoms with van der Waals surface area (Å²) in [7, 11) is -0.437. The van der Waals surface area contributed by atoms with Crippen LogP contribution in [0.4, 0.5) is 4.39 Å². The van der Waals surface area contributed by atoms with Gasteiger partial charge in [0.05, 0.1) is 16.9 Å². The number of pyridine rings is 1. The fourth-order valence-corrected chi connectivity index (χ4v) is 2.64. The van der Waals surface area contributed by atoms with E-state index in [0.29, 0.717) is 0 Å². The Balaban J connectivity index is 0.00000208. The van der Waals surface area contributed by atoms with Crippen LogP contribution in [-0.2, 0) is 9.31 Å². The van der Waals surface area contributed by atoms with Gasteiger partial charge in [0.2, 0.25) is 0 Å². The molecular weight excluding hydrogens is 327 g/mol. The quantitative estimate of drug-likeness (QED) is 0.770. The molecule has 0 radical (unpaired) electrons. The normalized spacial score (nSPS) is 18.3. The highest BCUT2D eigenvalue weighted by atomic mass is 35.5. The van der Waals surface area contributed by atoms with Crippen LogP contribution < -0.4 is 5.46 Å². The third-order valence-corrected chi connectivity index (χ3v) is 4.72. The minimum absolute atomic E-state index is 0. The lowest BCUT2D eigenvalue weighted by molar-refractivity contribution is 0.00578. The van der Waals surface area contributed by atoms with Crippen molar-refractivity contribution in [2.45, 2.75) is 45.8 Å². The maximum Gasteiger partial charge on any atom is 0.496 e. The van der Waals surface area contributed by atoms with Gasteiger partial charge in [0, 0.05) is 17.2 Å². The number of aromatic nitrogens is 1. The van der Waals surface area contributed by atoms with E-state index in [-0.39, 0.29) is 29.4 Å². The monoisotopic (exact) mass is 349 g/mol. The zero-order valence-electron chi connectivity index (χ0n) is 14.6. The molecule has 0 atom stereocenters. The van der Waals surface area contributed by atoms with Crippen LogP contribution in [0.5, 0.6) is 0 Å². The van der Waals surface area contributed by atoms with Gasteiger partial charge in [-0.3, -0.25) is 4.98 Å². The van der Waals surface area contributed by atoms with Crippen molar-refractivity contribution < 1.29 is 13.7 Å². The Morgan fingerprint density at radius 3 is 2.21 bits per heavy atom. The second kappa shape index (κ2) is 6.47. The van der Waals surface area contributed by atoms with Gasteiger partial charge in [0.15, 0.2) is 0 Å². The number of aryl methyl sites for hydroxylation is 1. The first kappa shape index (κ1) is 18.9. The average Bonchev–Trinajstić information content (AvgIpc) is 2.67. The number of nitrogens with zero attached hydrogens (tertiary/aromatic N) is 1. The summed E-state index contributed by atoms with van der Waals surface area (Å²) in [5.74, 6) is -0.265. The van der Waals surface area contributed by atoms with Gasteiger partial charge in [-0.15, -0.1) is 12.4 Å². The third kappa shape index (κ3) is 3.34. The number of rotatable bonds is 2. The molecule has 0 aliphatic carbocycles. The predicted octanol–water partition coefficient (Wildman–Crippen LogP) is 3.92. The van der Waals surface area contributed by atoms with E-state index < -0.39 is 7.12 Å². The van der Waals surface area contributed by atoms with Crippen molar-refractivity contribution in [2.75, 3.05) is 0 Å². The van der Waals surface area contributed by atoms with Gasteiger partial charge in [-0.05, 0) is 52.3 Å². The lowest BCUT2D eigenvalue weighted by Crippen LogP contribution is -2.41. The van der Waals surface area contributed by atoms with Crippen LogP contribution in [0, 0.1) is 12.7 Å². The van der Waals surface area contributed by atoms with Crippen molar-refractivity contribution >= 4 is 25.0 Å². The second-order valence-electron chi connectivity index (χ2n) is 7.03. The van der Waals surface area contributed by atoms with Crippen LogP contribution in [0.1, 0.15) is 33.3 Å². The molecule has 0 N–H and O–H groups in total.